The molecule has 0 unspecified atom stereocenters. The molecule has 0 aliphatic carbocycles. The van der Waals surface area contributed by atoms with Crippen molar-refractivity contribution in [1.82, 2.24) is 5.32 Å². The number of unbranched alkanes of at least 4 members (excludes halogenated alkanes) is 1. The smallest absolute Gasteiger partial charge is 0.240 e. The lowest BCUT2D eigenvalue weighted by atomic mass is 10.1. The quantitative estimate of drug-likeness (QED) is 0.554. The Morgan fingerprint density at radius 3 is 2.60 bits per heavy atom. The molecule has 1 atom stereocenters. The monoisotopic (exact) mass is 272 g/mol. The lowest BCUT2D eigenvalue weighted by Gasteiger charge is -2.14. The average Bonchev–Trinajstić information content (AvgIpc) is 2.45. The van der Waals surface area contributed by atoms with E-state index in [1.54, 1.807) is 0 Å². The molecule has 106 valence electrons. The highest BCUT2D eigenvalue weighted by Crippen LogP contribution is 2.04. The Hall–Kier alpha value is -2.28. The van der Waals surface area contributed by atoms with Crippen LogP contribution in [0.5, 0.6) is 0 Å². The Bertz CT molecular complexity index is 477. The number of hydrogen-bond acceptors (Lipinski definition) is 2. The number of hydrogen-bond donors (Lipinski definition) is 2. The van der Waals surface area contributed by atoms with E-state index in [0.29, 0.717) is 32.1 Å². The minimum atomic E-state index is -0.633. The fourth-order valence-corrected chi connectivity index (χ4v) is 1.86. The van der Waals surface area contributed by atoms with Crippen LogP contribution in [0.3, 0.4) is 0 Å². The van der Waals surface area contributed by atoms with Gasteiger partial charge in [0.1, 0.15) is 6.04 Å². The number of amides is 2. The minimum absolute atomic E-state index is 0.168. The summed E-state index contributed by atoms with van der Waals surface area (Å²) in [4.78, 5) is 23.1. The number of rotatable bonds is 8. The third-order valence-electron chi connectivity index (χ3n) is 2.98. The van der Waals surface area contributed by atoms with Crippen molar-refractivity contribution >= 4 is 11.8 Å². The maximum atomic E-state index is 11.8. The molecule has 0 aromatic heterocycles. The molecule has 2 amide bonds. The van der Waals surface area contributed by atoms with Gasteiger partial charge in [0.15, 0.2) is 0 Å². The van der Waals surface area contributed by atoms with Gasteiger partial charge < -0.3 is 11.1 Å². The van der Waals surface area contributed by atoms with Crippen LogP contribution in [0.1, 0.15) is 31.2 Å². The first-order valence-electron chi connectivity index (χ1n) is 6.69. The van der Waals surface area contributed by atoms with Gasteiger partial charge in [0.05, 0.1) is 0 Å². The van der Waals surface area contributed by atoms with Crippen LogP contribution in [0, 0.1) is 12.3 Å². The third-order valence-corrected chi connectivity index (χ3v) is 2.98. The summed E-state index contributed by atoms with van der Waals surface area (Å²) >= 11 is 0. The third kappa shape index (κ3) is 6.05. The Morgan fingerprint density at radius 1 is 1.30 bits per heavy atom. The van der Waals surface area contributed by atoms with E-state index >= 15 is 0 Å². The van der Waals surface area contributed by atoms with Crippen molar-refractivity contribution in [3.63, 3.8) is 0 Å². The summed E-state index contributed by atoms with van der Waals surface area (Å²) in [5.74, 6) is 1.81. The van der Waals surface area contributed by atoms with Gasteiger partial charge in [0.25, 0.3) is 0 Å². The van der Waals surface area contributed by atoms with Gasteiger partial charge in [-0.3, -0.25) is 9.59 Å². The summed E-state index contributed by atoms with van der Waals surface area (Å²) < 4.78 is 0. The molecule has 3 N–H and O–H groups in total. The molecule has 1 aromatic carbocycles. The van der Waals surface area contributed by atoms with E-state index in [4.69, 9.17) is 12.2 Å². The standard InChI is InChI=1S/C16H20N2O2/c1-2-3-5-10-14(16(17)20)18-15(19)12-11-13-8-6-4-7-9-13/h1,4,6-9,14H,3,5,10-12H2,(H2,17,20)(H,18,19)/t14-/m1/s1. The molecule has 20 heavy (non-hydrogen) atoms. The SMILES string of the molecule is C#CCCC[C@@H](NC(=O)CCc1ccccc1)C(N)=O. The topological polar surface area (TPSA) is 72.2 Å². The Morgan fingerprint density at radius 2 is 2.00 bits per heavy atom. The van der Waals surface area contributed by atoms with E-state index in [1.807, 2.05) is 30.3 Å². The second-order valence-electron chi connectivity index (χ2n) is 4.60. The largest absolute Gasteiger partial charge is 0.368 e. The van der Waals surface area contributed by atoms with Gasteiger partial charge in [0.2, 0.25) is 11.8 Å². The normalized spacial score (nSPS) is 11.3. The van der Waals surface area contributed by atoms with Gasteiger partial charge in [-0.1, -0.05) is 30.3 Å². The highest BCUT2D eigenvalue weighted by Gasteiger charge is 2.17. The van der Waals surface area contributed by atoms with Crippen LogP contribution in [-0.2, 0) is 16.0 Å². The number of aryl methyl sites for hydroxylation is 1. The lowest BCUT2D eigenvalue weighted by molar-refractivity contribution is -0.127. The molecule has 0 fully saturated rings. The number of carbonyl (C=O) groups excluding carboxylic acids is 2. The predicted molar refractivity (Wildman–Crippen MR) is 78.6 cm³/mol. The summed E-state index contributed by atoms with van der Waals surface area (Å²) in [7, 11) is 0. The molecule has 1 aromatic rings. The Kier molecular flexibility index (Phi) is 6.91. The number of nitrogens with one attached hydrogen (secondary N) is 1. The predicted octanol–water partition coefficient (Wildman–Crippen LogP) is 1.39. The van der Waals surface area contributed by atoms with Gasteiger partial charge >= 0.3 is 0 Å². The van der Waals surface area contributed by atoms with E-state index in [1.165, 1.54) is 0 Å². The fraction of sp³-hybridized carbons (Fsp3) is 0.375. The molecule has 4 nitrogen and oxygen atoms in total. The van der Waals surface area contributed by atoms with Gasteiger partial charge in [-0.15, -0.1) is 12.3 Å². The van der Waals surface area contributed by atoms with Crippen LogP contribution in [-0.4, -0.2) is 17.9 Å². The van der Waals surface area contributed by atoms with Gasteiger partial charge in [-0.25, -0.2) is 0 Å². The Labute approximate surface area is 119 Å². The molecule has 0 saturated carbocycles. The van der Waals surface area contributed by atoms with Crippen molar-refractivity contribution in [2.45, 2.75) is 38.1 Å². The van der Waals surface area contributed by atoms with E-state index < -0.39 is 11.9 Å². The molecule has 4 heteroatoms. The summed E-state index contributed by atoms with van der Waals surface area (Å²) in [5, 5.41) is 2.66. The molecule has 0 saturated heterocycles. The van der Waals surface area contributed by atoms with Crippen LogP contribution < -0.4 is 11.1 Å². The van der Waals surface area contributed by atoms with Crippen LogP contribution in [0.2, 0.25) is 0 Å². The summed E-state index contributed by atoms with van der Waals surface area (Å²) in [6.45, 7) is 0. The highest BCUT2D eigenvalue weighted by molar-refractivity contribution is 5.86. The molecular formula is C16H20N2O2. The summed E-state index contributed by atoms with van der Waals surface area (Å²) in [6, 6.07) is 9.08. The van der Waals surface area contributed by atoms with Crippen molar-refractivity contribution in [2.75, 3.05) is 0 Å². The van der Waals surface area contributed by atoms with Crippen LogP contribution in [0.15, 0.2) is 30.3 Å². The molecule has 1 rings (SSSR count). The highest BCUT2D eigenvalue weighted by atomic mass is 16.2. The molecule has 0 bridgehead atoms. The van der Waals surface area contributed by atoms with Gasteiger partial charge in [-0.05, 0) is 24.8 Å². The zero-order valence-corrected chi connectivity index (χ0v) is 11.5. The molecular weight excluding hydrogens is 252 g/mol. The minimum Gasteiger partial charge on any atom is -0.368 e. The first-order chi connectivity index (χ1) is 9.63. The number of benzene rings is 1. The van der Waals surface area contributed by atoms with Crippen molar-refractivity contribution < 1.29 is 9.59 Å². The van der Waals surface area contributed by atoms with Crippen molar-refractivity contribution in [1.29, 1.82) is 0 Å². The summed E-state index contributed by atoms with van der Waals surface area (Å²) in [6.07, 6.45) is 7.85. The second kappa shape index (κ2) is 8.76. The van der Waals surface area contributed by atoms with Gasteiger partial charge in [0, 0.05) is 12.8 Å². The maximum absolute atomic E-state index is 11.8. The van der Waals surface area contributed by atoms with Crippen molar-refractivity contribution in [2.24, 2.45) is 5.73 Å². The number of nitrogens with two attached hydrogens (primary N) is 1. The zero-order chi connectivity index (χ0) is 14.8. The first kappa shape index (κ1) is 15.8. The summed E-state index contributed by atoms with van der Waals surface area (Å²) in [5.41, 5.74) is 6.36. The molecule has 0 aliphatic rings. The number of primary amides is 1. The number of terminal acetylenes is 1. The van der Waals surface area contributed by atoms with Crippen molar-refractivity contribution in [3.05, 3.63) is 35.9 Å². The second-order valence-corrected chi connectivity index (χ2v) is 4.60. The maximum Gasteiger partial charge on any atom is 0.240 e. The van der Waals surface area contributed by atoms with E-state index in [2.05, 4.69) is 11.2 Å². The first-order valence-corrected chi connectivity index (χ1v) is 6.69. The van der Waals surface area contributed by atoms with Gasteiger partial charge in [-0.2, -0.15) is 0 Å². The zero-order valence-electron chi connectivity index (χ0n) is 11.5. The van der Waals surface area contributed by atoms with Crippen LogP contribution >= 0.6 is 0 Å². The Balaban J connectivity index is 2.38. The molecule has 0 heterocycles. The average molecular weight is 272 g/mol. The molecule has 0 aliphatic heterocycles. The molecule has 0 radical (unpaired) electrons. The van der Waals surface area contributed by atoms with E-state index in [9.17, 15) is 9.59 Å². The van der Waals surface area contributed by atoms with Crippen molar-refractivity contribution in [3.8, 4) is 12.3 Å². The number of carbonyl (C=O) groups is 2. The fourth-order valence-electron chi connectivity index (χ4n) is 1.86. The lowest BCUT2D eigenvalue weighted by Crippen LogP contribution is -2.44. The van der Waals surface area contributed by atoms with Crippen LogP contribution in [0.4, 0.5) is 0 Å². The van der Waals surface area contributed by atoms with E-state index in [-0.39, 0.29) is 5.91 Å². The van der Waals surface area contributed by atoms with Crippen LogP contribution in [0.25, 0.3) is 0 Å². The molecule has 0 spiro atoms. The van der Waals surface area contributed by atoms with E-state index in [0.717, 1.165) is 5.56 Å².